The Morgan fingerprint density at radius 2 is 1.48 bits per heavy atom. The largest absolute Gasteiger partial charge is 0.366 e. The number of halogens is 3. The molecule has 0 atom stereocenters. The third-order valence-electron chi connectivity index (χ3n) is 2.85. The number of benzene rings is 2. The van der Waals surface area contributed by atoms with E-state index in [2.05, 4.69) is 0 Å². The summed E-state index contributed by atoms with van der Waals surface area (Å²) in [4.78, 5) is 23.1. The van der Waals surface area contributed by atoms with Gasteiger partial charge in [0, 0.05) is 27.3 Å². The van der Waals surface area contributed by atoms with Crippen LogP contribution in [0.15, 0.2) is 30.3 Å². The molecule has 0 spiro atoms. The number of carbonyl (C=O) groups is 2. The third-order valence-corrected chi connectivity index (χ3v) is 3.37. The van der Waals surface area contributed by atoms with Crippen molar-refractivity contribution >= 4 is 35.0 Å². The fraction of sp³-hybridized carbons (Fsp3) is 0. The zero-order valence-electron chi connectivity index (χ0n) is 10.5. The predicted octanol–water partition coefficient (Wildman–Crippen LogP) is 3.00. The van der Waals surface area contributed by atoms with Gasteiger partial charge in [0.25, 0.3) is 0 Å². The first-order chi connectivity index (χ1) is 9.82. The fourth-order valence-corrected chi connectivity index (χ4v) is 2.58. The van der Waals surface area contributed by atoms with Gasteiger partial charge in [-0.15, -0.1) is 0 Å². The Bertz CT molecular complexity index is 707. The highest BCUT2D eigenvalue weighted by molar-refractivity contribution is 6.37. The van der Waals surface area contributed by atoms with Gasteiger partial charge < -0.3 is 11.5 Å². The summed E-state index contributed by atoms with van der Waals surface area (Å²) >= 11 is 11.7. The molecule has 0 unspecified atom stereocenters. The van der Waals surface area contributed by atoms with Gasteiger partial charge in [0.2, 0.25) is 11.8 Å². The minimum absolute atomic E-state index is 0.0448. The Balaban J connectivity index is 2.91. The lowest BCUT2D eigenvalue weighted by Crippen LogP contribution is -2.18. The molecule has 0 saturated heterocycles. The molecular formula is C14H9Cl2FN2O2. The van der Waals surface area contributed by atoms with Gasteiger partial charge in [-0.05, 0) is 24.3 Å². The SMILES string of the molecule is NC(=O)c1cccc(C(N)=O)c1-c1c(F)cc(Cl)cc1Cl. The Kier molecular flexibility index (Phi) is 4.16. The van der Waals surface area contributed by atoms with Gasteiger partial charge in [0.05, 0.1) is 5.02 Å². The van der Waals surface area contributed by atoms with E-state index >= 15 is 0 Å². The third kappa shape index (κ3) is 2.84. The standard InChI is InChI=1S/C14H9Cl2FN2O2/c15-6-4-9(16)12(10(17)5-6)11-7(13(18)20)2-1-3-8(11)14(19)21/h1-5H,(H2,18,20)(H2,19,21). The molecule has 0 radical (unpaired) electrons. The number of rotatable bonds is 3. The van der Waals surface area contributed by atoms with Crippen molar-refractivity contribution in [2.75, 3.05) is 0 Å². The maximum Gasteiger partial charge on any atom is 0.249 e. The average molecular weight is 327 g/mol. The van der Waals surface area contributed by atoms with E-state index < -0.39 is 17.6 Å². The van der Waals surface area contributed by atoms with E-state index in [1.807, 2.05) is 0 Å². The molecular weight excluding hydrogens is 318 g/mol. The van der Waals surface area contributed by atoms with E-state index in [0.717, 1.165) is 6.07 Å². The first-order valence-corrected chi connectivity index (χ1v) is 6.46. The smallest absolute Gasteiger partial charge is 0.249 e. The second kappa shape index (κ2) is 5.71. The van der Waals surface area contributed by atoms with Crippen LogP contribution in [0, 0.1) is 5.82 Å². The van der Waals surface area contributed by atoms with Crippen LogP contribution < -0.4 is 11.5 Å². The van der Waals surface area contributed by atoms with E-state index in [0.29, 0.717) is 0 Å². The van der Waals surface area contributed by atoms with E-state index in [9.17, 15) is 14.0 Å². The van der Waals surface area contributed by atoms with E-state index in [1.165, 1.54) is 24.3 Å². The molecule has 0 bridgehead atoms. The van der Waals surface area contributed by atoms with Crippen LogP contribution in [0.3, 0.4) is 0 Å². The lowest BCUT2D eigenvalue weighted by molar-refractivity contribution is 0.0999. The van der Waals surface area contributed by atoms with E-state index in [4.69, 9.17) is 34.7 Å². The van der Waals surface area contributed by atoms with Gasteiger partial charge in [-0.25, -0.2) is 4.39 Å². The molecule has 108 valence electrons. The molecule has 0 aromatic heterocycles. The van der Waals surface area contributed by atoms with Crippen LogP contribution in [-0.2, 0) is 0 Å². The minimum Gasteiger partial charge on any atom is -0.366 e. The normalized spacial score (nSPS) is 10.4. The van der Waals surface area contributed by atoms with Crippen molar-refractivity contribution in [3.63, 3.8) is 0 Å². The topological polar surface area (TPSA) is 86.2 Å². The summed E-state index contributed by atoms with van der Waals surface area (Å²) in [5.41, 5.74) is 10.2. The van der Waals surface area contributed by atoms with Crippen LogP contribution >= 0.6 is 23.2 Å². The van der Waals surface area contributed by atoms with Crippen molar-refractivity contribution in [2.45, 2.75) is 0 Å². The number of carbonyl (C=O) groups excluding carboxylic acids is 2. The number of nitrogens with two attached hydrogens (primary N) is 2. The van der Waals surface area contributed by atoms with E-state index in [-0.39, 0.29) is 32.3 Å². The number of hydrogen-bond donors (Lipinski definition) is 2. The van der Waals surface area contributed by atoms with Gasteiger partial charge in [0.15, 0.2) is 0 Å². The molecule has 0 saturated carbocycles. The van der Waals surface area contributed by atoms with Crippen LogP contribution in [0.5, 0.6) is 0 Å². The molecule has 7 heteroatoms. The van der Waals surface area contributed by atoms with Crippen LogP contribution in [0.4, 0.5) is 4.39 Å². The molecule has 2 aromatic rings. The van der Waals surface area contributed by atoms with E-state index in [1.54, 1.807) is 0 Å². The molecule has 2 aromatic carbocycles. The highest BCUT2D eigenvalue weighted by Crippen LogP contribution is 2.37. The minimum atomic E-state index is -0.835. The van der Waals surface area contributed by atoms with Crippen molar-refractivity contribution in [2.24, 2.45) is 11.5 Å². The zero-order chi connectivity index (χ0) is 15.7. The van der Waals surface area contributed by atoms with Gasteiger partial charge >= 0.3 is 0 Å². The molecule has 0 fully saturated rings. The molecule has 2 amide bonds. The van der Waals surface area contributed by atoms with Crippen LogP contribution in [0.1, 0.15) is 20.7 Å². The molecule has 0 aliphatic carbocycles. The lowest BCUT2D eigenvalue weighted by Gasteiger charge is -2.14. The molecule has 4 N–H and O–H groups in total. The summed E-state index contributed by atoms with van der Waals surface area (Å²) in [6, 6.07) is 6.45. The molecule has 0 aliphatic heterocycles. The lowest BCUT2D eigenvalue weighted by atomic mass is 9.93. The quantitative estimate of drug-likeness (QED) is 0.908. The molecule has 2 rings (SSSR count). The Morgan fingerprint density at radius 3 is 1.90 bits per heavy atom. The molecule has 4 nitrogen and oxygen atoms in total. The maximum atomic E-state index is 14.2. The Labute approximate surface area is 129 Å². The number of amides is 2. The van der Waals surface area contributed by atoms with Crippen molar-refractivity contribution in [3.05, 3.63) is 57.3 Å². The monoisotopic (exact) mass is 326 g/mol. The summed E-state index contributed by atoms with van der Waals surface area (Å²) in [7, 11) is 0. The molecule has 0 aliphatic rings. The second-order valence-corrected chi connectivity index (χ2v) is 5.04. The highest BCUT2D eigenvalue weighted by Gasteiger charge is 2.22. The van der Waals surface area contributed by atoms with Gasteiger partial charge in [-0.3, -0.25) is 9.59 Å². The summed E-state index contributed by atoms with van der Waals surface area (Å²) in [5.74, 6) is -2.46. The Morgan fingerprint density at radius 1 is 0.952 bits per heavy atom. The number of primary amides is 2. The molecule has 0 heterocycles. The van der Waals surface area contributed by atoms with Crippen molar-refractivity contribution in [3.8, 4) is 11.1 Å². The summed E-state index contributed by atoms with van der Waals surface area (Å²) in [6.07, 6.45) is 0. The first-order valence-electron chi connectivity index (χ1n) is 5.70. The summed E-state index contributed by atoms with van der Waals surface area (Å²) in [6.45, 7) is 0. The van der Waals surface area contributed by atoms with Gasteiger partial charge in [-0.2, -0.15) is 0 Å². The van der Waals surface area contributed by atoms with Crippen molar-refractivity contribution < 1.29 is 14.0 Å². The fourth-order valence-electron chi connectivity index (χ4n) is 2.01. The van der Waals surface area contributed by atoms with Gasteiger partial charge in [0.1, 0.15) is 5.82 Å². The highest BCUT2D eigenvalue weighted by atomic mass is 35.5. The van der Waals surface area contributed by atoms with Gasteiger partial charge in [-0.1, -0.05) is 29.3 Å². The van der Waals surface area contributed by atoms with Crippen LogP contribution in [0.25, 0.3) is 11.1 Å². The second-order valence-electron chi connectivity index (χ2n) is 4.20. The zero-order valence-corrected chi connectivity index (χ0v) is 12.0. The molecule has 21 heavy (non-hydrogen) atoms. The first kappa shape index (κ1) is 15.3. The number of hydrogen-bond acceptors (Lipinski definition) is 2. The van der Waals surface area contributed by atoms with Crippen molar-refractivity contribution in [1.82, 2.24) is 0 Å². The maximum absolute atomic E-state index is 14.2. The van der Waals surface area contributed by atoms with Crippen LogP contribution in [0.2, 0.25) is 10.0 Å². The van der Waals surface area contributed by atoms with Crippen LogP contribution in [-0.4, -0.2) is 11.8 Å². The average Bonchev–Trinajstić information content (AvgIpc) is 2.37. The Hall–Kier alpha value is -2.11. The predicted molar refractivity (Wildman–Crippen MR) is 78.9 cm³/mol. The van der Waals surface area contributed by atoms with Crippen molar-refractivity contribution in [1.29, 1.82) is 0 Å². The summed E-state index contributed by atoms with van der Waals surface area (Å²) in [5, 5.41) is 0.0228. The summed E-state index contributed by atoms with van der Waals surface area (Å²) < 4.78 is 14.2.